The van der Waals surface area contributed by atoms with Crippen LogP contribution in [0.4, 0.5) is 0 Å². The number of hydrogen-bond donors (Lipinski definition) is 2. The third-order valence-electron chi connectivity index (χ3n) is 5.62. The van der Waals surface area contributed by atoms with Crippen LogP contribution < -0.4 is 0 Å². The molecule has 2 N–H and O–H groups in total. The minimum atomic E-state index is -0.783. The zero-order chi connectivity index (χ0) is 23.0. The molecule has 1 saturated heterocycles. The molecule has 7 heteroatoms. The van der Waals surface area contributed by atoms with Gasteiger partial charge in [0.2, 0.25) is 0 Å². The standard InChI is InChI=1S/C16H21NO2S.C10H8O2S/c18-15-11-17(12-15)6-1-7-19-8-4-13-2-3-16-14(10-13)5-9-20-16;11-10(12)6-7-1-2-9-8(5-7)3-4-13-9/h2-3,5,9-10,15,18H,1,4,6-8,11-12H2;1-5H,6H2,(H,11,12). The van der Waals surface area contributed by atoms with Crippen molar-refractivity contribution in [3.63, 3.8) is 0 Å². The molecule has 5 rings (SSSR count). The normalized spacial score (nSPS) is 14.2. The molecule has 2 aromatic heterocycles. The second-order valence-corrected chi connectivity index (χ2v) is 10.2. The summed E-state index contributed by atoms with van der Waals surface area (Å²) in [7, 11) is 0. The Kier molecular flexibility index (Phi) is 8.47. The highest BCUT2D eigenvalue weighted by molar-refractivity contribution is 7.17. The second kappa shape index (κ2) is 11.7. The molecule has 0 saturated carbocycles. The lowest BCUT2D eigenvalue weighted by Gasteiger charge is -2.35. The molecule has 2 aromatic carbocycles. The summed E-state index contributed by atoms with van der Waals surface area (Å²) in [6.07, 6.45) is 2.04. The van der Waals surface area contributed by atoms with Gasteiger partial charge >= 0.3 is 5.97 Å². The van der Waals surface area contributed by atoms with Gasteiger partial charge in [0.15, 0.2) is 0 Å². The van der Waals surface area contributed by atoms with Crippen LogP contribution in [0.25, 0.3) is 20.2 Å². The van der Waals surface area contributed by atoms with Crippen LogP contribution in [0, 0.1) is 0 Å². The van der Waals surface area contributed by atoms with Crippen LogP contribution in [0.1, 0.15) is 17.5 Å². The largest absolute Gasteiger partial charge is 0.481 e. The molecule has 5 nitrogen and oxygen atoms in total. The van der Waals surface area contributed by atoms with Crippen LogP contribution in [0.2, 0.25) is 0 Å². The molecule has 1 aliphatic heterocycles. The first-order valence-corrected chi connectivity index (χ1v) is 12.9. The summed E-state index contributed by atoms with van der Waals surface area (Å²) >= 11 is 3.46. The van der Waals surface area contributed by atoms with Gasteiger partial charge in [-0.05, 0) is 75.8 Å². The van der Waals surface area contributed by atoms with E-state index in [9.17, 15) is 9.90 Å². The Balaban J connectivity index is 0.000000172. The van der Waals surface area contributed by atoms with Gasteiger partial charge in [0, 0.05) is 35.6 Å². The van der Waals surface area contributed by atoms with Crippen LogP contribution >= 0.6 is 22.7 Å². The van der Waals surface area contributed by atoms with E-state index in [4.69, 9.17) is 9.84 Å². The van der Waals surface area contributed by atoms with Gasteiger partial charge in [-0.1, -0.05) is 18.2 Å². The van der Waals surface area contributed by atoms with Crippen LogP contribution in [-0.4, -0.2) is 60.0 Å². The van der Waals surface area contributed by atoms with E-state index in [2.05, 4.69) is 34.5 Å². The van der Waals surface area contributed by atoms with Crippen molar-refractivity contribution >= 4 is 48.8 Å². The van der Waals surface area contributed by atoms with Gasteiger partial charge in [0.1, 0.15) is 0 Å². The molecule has 3 heterocycles. The van der Waals surface area contributed by atoms with Crippen molar-refractivity contribution in [3.05, 3.63) is 70.4 Å². The highest BCUT2D eigenvalue weighted by atomic mass is 32.1. The lowest BCUT2D eigenvalue weighted by atomic mass is 10.1. The number of aliphatic carboxylic acids is 1. The van der Waals surface area contributed by atoms with Gasteiger partial charge in [0.25, 0.3) is 0 Å². The Hall–Kier alpha value is -2.29. The Morgan fingerprint density at radius 2 is 1.58 bits per heavy atom. The zero-order valence-electron chi connectivity index (χ0n) is 18.5. The third kappa shape index (κ3) is 7.09. The van der Waals surface area contributed by atoms with E-state index in [0.29, 0.717) is 0 Å². The average Bonchev–Trinajstić information content (AvgIpc) is 3.43. The zero-order valence-corrected chi connectivity index (χ0v) is 20.1. The number of likely N-dealkylation sites (tertiary alicyclic amines) is 1. The van der Waals surface area contributed by atoms with Gasteiger partial charge in [-0.2, -0.15) is 0 Å². The molecule has 1 fully saturated rings. The molecule has 174 valence electrons. The highest BCUT2D eigenvalue weighted by Crippen LogP contribution is 2.22. The number of fused-ring (bicyclic) bond motifs is 2. The van der Waals surface area contributed by atoms with Crippen molar-refractivity contribution in [2.75, 3.05) is 32.8 Å². The first-order chi connectivity index (χ1) is 16.1. The number of carbonyl (C=O) groups is 1. The van der Waals surface area contributed by atoms with E-state index in [0.717, 1.165) is 56.6 Å². The van der Waals surface area contributed by atoms with E-state index in [1.165, 1.54) is 20.3 Å². The quantitative estimate of drug-likeness (QED) is 0.326. The van der Waals surface area contributed by atoms with Gasteiger partial charge in [-0.15, -0.1) is 22.7 Å². The Morgan fingerprint density at radius 3 is 2.21 bits per heavy atom. The maximum absolute atomic E-state index is 10.4. The fourth-order valence-electron chi connectivity index (χ4n) is 3.88. The number of rotatable bonds is 9. The predicted molar refractivity (Wildman–Crippen MR) is 137 cm³/mol. The van der Waals surface area contributed by atoms with Crippen molar-refractivity contribution in [1.82, 2.24) is 4.90 Å². The smallest absolute Gasteiger partial charge is 0.307 e. The van der Waals surface area contributed by atoms with Crippen molar-refractivity contribution in [2.24, 2.45) is 0 Å². The molecule has 4 aromatic rings. The number of carboxylic acids is 1. The summed E-state index contributed by atoms with van der Waals surface area (Å²) in [6, 6.07) is 16.6. The monoisotopic (exact) mass is 483 g/mol. The Morgan fingerprint density at radius 1 is 0.939 bits per heavy atom. The molecule has 33 heavy (non-hydrogen) atoms. The summed E-state index contributed by atoms with van der Waals surface area (Å²) < 4.78 is 8.25. The Bertz CT molecular complexity index is 1180. The fourth-order valence-corrected chi connectivity index (χ4v) is 5.42. The molecule has 0 spiro atoms. The maximum Gasteiger partial charge on any atom is 0.307 e. The lowest BCUT2D eigenvalue weighted by molar-refractivity contribution is -0.136. The van der Waals surface area contributed by atoms with Crippen molar-refractivity contribution in [2.45, 2.75) is 25.4 Å². The highest BCUT2D eigenvalue weighted by Gasteiger charge is 2.22. The number of ether oxygens (including phenoxy) is 1. The number of β-amino-alcohol motifs (C(OH)–C–C–N with tert-alkyl or cyclic N) is 1. The molecule has 0 amide bonds. The second-order valence-electron chi connectivity index (χ2n) is 8.29. The lowest BCUT2D eigenvalue weighted by Crippen LogP contribution is -2.50. The third-order valence-corrected chi connectivity index (χ3v) is 7.42. The van der Waals surface area contributed by atoms with Gasteiger partial charge in [-0.3, -0.25) is 9.69 Å². The number of nitrogens with zero attached hydrogens (tertiary/aromatic N) is 1. The fraction of sp³-hybridized carbons (Fsp3) is 0.346. The van der Waals surface area contributed by atoms with Gasteiger partial charge in [0.05, 0.1) is 19.1 Å². The number of aliphatic hydroxyl groups excluding tert-OH is 1. The molecule has 0 bridgehead atoms. The summed E-state index contributed by atoms with van der Waals surface area (Å²) in [6.45, 7) is 4.31. The number of aliphatic hydroxyl groups is 1. The van der Waals surface area contributed by atoms with Crippen LogP contribution in [0.15, 0.2) is 59.3 Å². The van der Waals surface area contributed by atoms with E-state index in [1.807, 2.05) is 29.6 Å². The Labute approximate surface area is 201 Å². The average molecular weight is 484 g/mol. The molecule has 0 radical (unpaired) electrons. The summed E-state index contributed by atoms with van der Waals surface area (Å²) in [5, 5.41) is 24.4. The molecular weight excluding hydrogens is 454 g/mol. The number of carboxylic acid groups (broad SMARTS) is 1. The predicted octanol–water partition coefficient (Wildman–Crippen LogP) is 5.06. The SMILES string of the molecule is O=C(O)Cc1ccc2sccc2c1.OC1CN(CCCOCCc2ccc3sccc3c2)C1. The first kappa shape index (κ1) is 23.9. The van der Waals surface area contributed by atoms with Crippen molar-refractivity contribution in [1.29, 1.82) is 0 Å². The molecular formula is C26H29NO4S2. The van der Waals surface area contributed by atoms with Crippen molar-refractivity contribution < 1.29 is 19.7 Å². The summed E-state index contributed by atoms with van der Waals surface area (Å²) in [5.74, 6) is -0.783. The number of thiophene rings is 2. The summed E-state index contributed by atoms with van der Waals surface area (Å²) in [5.41, 5.74) is 2.21. The van der Waals surface area contributed by atoms with E-state index < -0.39 is 5.97 Å². The minimum Gasteiger partial charge on any atom is -0.481 e. The molecule has 0 unspecified atom stereocenters. The first-order valence-electron chi connectivity index (χ1n) is 11.2. The van der Waals surface area contributed by atoms with Gasteiger partial charge in [-0.25, -0.2) is 0 Å². The van der Waals surface area contributed by atoms with Crippen LogP contribution in [0.3, 0.4) is 0 Å². The number of hydrogen-bond acceptors (Lipinski definition) is 6. The molecule has 0 aliphatic carbocycles. The van der Waals surface area contributed by atoms with Crippen LogP contribution in [0.5, 0.6) is 0 Å². The van der Waals surface area contributed by atoms with Crippen molar-refractivity contribution in [3.8, 4) is 0 Å². The van der Waals surface area contributed by atoms with E-state index in [-0.39, 0.29) is 12.5 Å². The van der Waals surface area contributed by atoms with Crippen LogP contribution in [-0.2, 0) is 22.4 Å². The minimum absolute atomic E-state index is 0.0945. The van der Waals surface area contributed by atoms with E-state index >= 15 is 0 Å². The maximum atomic E-state index is 10.4. The topological polar surface area (TPSA) is 70.0 Å². The molecule has 1 aliphatic rings. The van der Waals surface area contributed by atoms with Gasteiger partial charge < -0.3 is 14.9 Å². The van der Waals surface area contributed by atoms with E-state index in [1.54, 1.807) is 22.7 Å². The molecule has 0 atom stereocenters. The number of benzene rings is 2. The summed E-state index contributed by atoms with van der Waals surface area (Å²) in [4.78, 5) is 12.7.